The van der Waals surface area contributed by atoms with Gasteiger partial charge < -0.3 is 10.5 Å². The van der Waals surface area contributed by atoms with E-state index in [1.165, 1.54) is 6.92 Å². The van der Waals surface area contributed by atoms with Crippen LogP contribution in [0, 0.1) is 17.0 Å². The number of aromatic nitrogens is 1. The molecular formula is C8H8ClN3O4. The first-order valence-electron chi connectivity index (χ1n) is 4.11. The fraction of sp³-hybridized carbons (Fsp3) is 0.250. The molecule has 2 N–H and O–H groups in total. The Morgan fingerprint density at radius 1 is 1.75 bits per heavy atom. The van der Waals surface area contributed by atoms with E-state index in [0.717, 1.165) is 6.20 Å². The number of carbonyl (C=O) groups is 1. The largest absolute Gasteiger partial charge is 0.470 e. The Bertz CT molecular complexity index is 449. The number of carbonyl (C=O) groups excluding carboxylic acids is 1. The standard InChI is InChI=1S/C8H8ClN3O4/c1-4-6(8(10)13)7(16-3-9)5(2-11-4)12(14)15/h2H,3H2,1H3,(H2,10,13). The molecular weight excluding hydrogens is 238 g/mol. The van der Waals surface area contributed by atoms with Gasteiger partial charge in [-0.3, -0.25) is 19.9 Å². The summed E-state index contributed by atoms with van der Waals surface area (Å²) in [5.41, 5.74) is 4.76. The first kappa shape index (κ1) is 12.2. The maximum absolute atomic E-state index is 11.1. The predicted octanol–water partition coefficient (Wildman–Crippen LogP) is 0.972. The van der Waals surface area contributed by atoms with Gasteiger partial charge in [0.25, 0.3) is 5.91 Å². The Balaban J connectivity index is 3.49. The molecule has 0 aromatic carbocycles. The van der Waals surface area contributed by atoms with Gasteiger partial charge in [0.1, 0.15) is 11.8 Å². The number of nitrogens with two attached hydrogens (primary N) is 1. The SMILES string of the molecule is Cc1ncc([N+](=O)[O-])c(OCCl)c1C(N)=O. The minimum Gasteiger partial charge on any atom is -0.470 e. The van der Waals surface area contributed by atoms with Crippen LogP contribution >= 0.6 is 11.6 Å². The molecule has 0 saturated carbocycles. The van der Waals surface area contributed by atoms with Crippen LogP contribution in [0.15, 0.2) is 6.20 Å². The van der Waals surface area contributed by atoms with E-state index in [4.69, 9.17) is 22.1 Å². The first-order chi connectivity index (χ1) is 7.49. The van der Waals surface area contributed by atoms with Crippen molar-refractivity contribution in [2.75, 3.05) is 6.07 Å². The summed E-state index contributed by atoms with van der Waals surface area (Å²) in [7, 11) is 0. The van der Waals surface area contributed by atoms with Crippen molar-refractivity contribution in [3.8, 4) is 5.75 Å². The van der Waals surface area contributed by atoms with E-state index >= 15 is 0 Å². The fourth-order valence-corrected chi connectivity index (χ4v) is 1.30. The van der Waals surface area contributed by atoms with Crippen LogP contribution < -0.4 is 10.5 Å². The fourth-order valence-electron chi connectivity index (χ4n) is 1.19. The lowest BCUT2D eigenvalue weighted by molar-refractivity contribution is -0.386. The lowest BCUT2D eigenvalue weighted by atomic mass is 10.1. The Morgan fingerprint density at radius 2 is 2.38 bits per heavy atom. The number of rotatable bonds is 4. The number of hydrogen-bond donors (Lipinski definition) is 1. The summed E-state index contributed by atoms with van der Waals surface area (Å²) in [6.45, 7) is 1.49. The topological polar surface area (TPSA) is 108 Å². The van der Waals surface area contributed by atoms with Crippen molar-refractivity contribution < 1.29 is 14.5 Å². The minimum atomic E-state index is -0.853. The zero-order valence-electron chi connectivity index (χ0n) is 8.27. The number of amides is 1. The number of alkyl halides is 1. The maximum atomic E-state index is 11.1. The molecule has 0 aliphatic rings. The van der Waals surface area contributed by atoms with Crippen molar-refractivity contribution in [2.45, 2.75) is 6.92 Å². The summed E-state index contributed by atoms with van der Waals surface area (Å²) in [5.74, 6) is -1.10. The van der Waals surface area contributed by atoms with Gasteiger partial charge in [-0.2, -0.15) is 0 Å². The van der Waals surface area contributed by atoms with Gasteiger partial charge in [-0.1, -0.05) is 11.6 Å². The number of nitro groups is 1. The molecule has 8 heteroatoms. The minimum absolute atomic E-state index is 0.130. The zero-order chi connectivity index (χ0) is 12.3. The molecule has 1 aromatic heterocycles. The highest BCUT2D eigenvalue weighted by atomic mass is 35.5. The second-order valence-corrected chi connectivity index (χ2v) is 3.03. The van der Waals surface area contributed by atoms with E-state index in [0.29, 0.717) is 0 Å². The monoisotopic (exact) mass is 245 g/mol. The number of nitrogens with zero attached hydrogens (tertiary/aromatic N) is 2. The molecule has 1 heterocycles. The van der Waals surface area contributed by atoms with Gasteiger partial charge in [0.2, 0.25) is 5.75 Å². The highest BCUT2D eigenvalue weighted by molar-refractivity contribution is 6.17. The summed E-state index contributed by atoms with van der Waals surface area (Å²) in [6.07, 6.45) is 0.990. The van der Waals surface area contributed by atoms with Crippen molar-refractivity contribution in [2.24, 2.45) is 5.73 Å². The van der Waals surface area contributed by atoms with Crippen LogP contribution in [-0.2, 0) is 0 Å². The third-order valence-electron chi connectivity index (χ3n) is 1.84. The van der Waals surface area contributed by atoms with E-state index in [-0.39, 0.29) is 23.1 Å². The van der Waals surface area contributed by atoms with Crippen molar-refractivity contribution in [1.82, 2.24) is 4.98 Å². The number of pyridine rings is 1. The summed E-state index contributed by atoms with van der Waals surface area (Å²) < 4.78 is 4.85. The van der Waals surface area contributed by atoms with Crippen LogP contribution in [0.4, 0.5) is 5.69 Å². The molecule has 0 radical (unpaired) electrons. The molecule has 0 spiro atoms. The molecule has 0 aliphatic carbocycles. The molecule has 0 bridgehead atoms. The smallest absolute Gasteiger partial charge is 0.329 e. The van der Waals surface area contributed by atoms with Crippen molar-refractivity contribution >= 4 is 23.2 Å². The highest BCUT2D eigenvalue weighted by Gasteiger charge is 2.25. The predicted molar refractivity (Wildman–Crippen MR) is 55.5 cm³/mol. The van der Waals surface area contributed by atoms with Gasteiger partial charge in [0.15, 0.2) is 6.07 Å². The Labute approximate surface area is 95.3 Å². The van der Waals surface area contributed by atoms with Gasteiger partial charge in [0.05, 0.1) is 10.6 Å². The molecule has 7 nitrogen and oxygen atoms in total. The zero-order valence-corrected chi connectivity index (χ0v) is 9.02. The van der Waals surface area contributed by atoms with Crippen LogP contribution in [0.1, 0.15) is 16.1 Å². The number of halogens is 1. The average molecular weight is 246 g/mol. The highest BCUT2D eigenvalue weighted by Crippen LogP contribution is 2.31. The third-order valence-corrected chi connectivity index (χ3v) is 1.95. The summed E-state index contributed by atoms with van der Waals surface area (Å²) in [5, 5.41) is 10.7. The third kappa shape index (κ3) is 2.19. The molecule has 1 rings (SSSR count). The number of primary amides is 1. The summed E-state index contributed by atoms with van der Waals surface area (Å²) in [4.78, 5) is 24.8. The average Bonchev–Trinajstić information content (AvgIpc) is 2.17. The molecule has 0 atom stereocenters. The lowest BCUT2D eigenvalue weighted by Gasteiger charge is -2.08. The van der Waals surface area contributed by atoms with Crippen LogP contribution in [-0.4, -0.2) is 21.9 Å². The van der Waals surface area contributed by atoms with Crippen molar-refractivity contribution in [3.05, 3.63) is 27.6 Å². The van der Waals surface area contributed by atoms with Crippen LogP contribution in [0.3, 0.4) is 0 Å². The molecule has 0 aliphatic heterocycles. The van der Waals surface area contributed by atoms with Gasteiger partial charge in [-0.05, 0) is 6.92 Å². The van der Waals surface area contributed by atoms with E-state index in [1.807, 2.05) is 0 Å². The van der Waals surface area contributed by atoms with E-state index < -0.39 is 16.5 Å². The molecule has 0 fully saturated rings. The summed E-state index contributed by atoms with van der Waals surface area (Å²) in [6, 6.07) is -0.329. The van der Waals surface area contributed by atoms with Gasteiger partial charge in [-0.25, -0.2) is 0 Å². The van der Waals surface area contributed by atoms with Gasteiger partial charge in [0, 0.05) is 0 Å². The Hall–Kier alpha value is -1.89. The van der Waals surface area contributed by atoms with E-state index in [2.05, 4.69) is 4.98 Å². The quantitative estimate of drug-likeness (QED) is 0.483. The Morgan fingerprint density at radius 3 is 2.81 bits per heavy atom. The maximum Gasteiger partial charge on any atom is 0.329 e. The lowest BCUT2D eigenvalue weighted by Crippen LogP contribution is -2.16. The second-order valence-electron chi connectivity index (χ2n) is 2.81. The van der Waals surface area contributed by atoms with E-state index in [1.54, 1.807) is 0 Å². The second kappa shape index (κ2) is 4.75. The van der Waals surface area contributed by atoms with Crippen molar-refractivity contribution in [1.29, 1.82) is 0 Å². The van der Waals surface area contributed by atoms with Gasteiger partial charge >= 0.3 is 5.69 Å². The molecule has 0 unspecified atom stereocenters. The van der Waals surface area contributed by atoms with E-state index in [9.17, 15) is 14.9 Å². The molecule has 1 amide bonds. The van der Waals surface area contributed by atoms with Crippen LogP contribution in [0.25, 0.3) is 0 Å². The van der Waals surface area contributed by atoms with Crippen LogP contribution in [0.2, 0.25) is 0 Å². The number of hydrogen-bond acceptors (Lipinski definition) is 5. The summed E-state index contributed by atoms with van der Waals surface area (Å²) >= 11 is 5.32. The molecule has 16 heavy (non-hydrogen) atoms. The molecule has 86 valence electrons. The van der Waals surface area contributed by atoms with Crippen LogP contribution in [0.5, 0.6) is 5.75 Å². The first-order valence-corrected chi connectivity index (χ1v) is 4.65. The molecule has 1 aromatic rings. The van der Waals surface area contributed by atoms with Crippen molar-refractivity contribution in [3.63, 3.8) is 0 Å². The van der Waals surface area contributed by atoms with Gasteiger partial charge in [-0.15, -0.1) is 0 Å². The molecule has 0 saturated heterocycles. The normalized spacial score (nSPS) is 9.88. The number of ether oxygens (including phenoxy) is 1. The Kier molecular flexibility index (Phi) is 3.62. The number of aryl methyl sites for hydroxylation is 1.